The molecule has 1 aromatic heterocycles. The second-order valence-electron chi connectivity index (χ2n) is 8.23. The Morgan fingerprint density at radius 1 is 1.14 bits per heavy atom. The number of allylic oxidation sites excluding steroid dienone is 2. The van der Waals surface area contributed by atoms with Crippen LogP contribution in [-0.4, -0.2) is 29.6 Å². The first-order valence-corrected chi connectivity index (χ1v) is 11.4. The summed E-state index contributed by atoms with van der Waals surface area (Å²) < 4.78 is 5.41. The van der Waals surface area contributed by atoms with Crippen molar-refractivity contribution in [3.8, 4) is 0 Å². The van der Waals surface area contributed by atoms with E-state index in [1.165, 1.54) is 11.3 Å². The van der Waals surface area contributed by atoms with Crippen molar-refractivity contribution >= 4 is 34.2 Å². The smallest absolute Gasteiger partial charge is 0.341 e. The fraction of sp³-hybridized carbons (Fsp3) is 0.591. The molecule has 1 aromatic rings. The third-order valence-electron chi connectivity index (χ3n) is 6.35. The molecule has 29 heavy (non-hydrogen) atoms. The molecule has 7 heteroatoms. The van der Waals surface area contributed by atoms with E-state index in [1.54, 1.807) is 0 Å². The summed E-state index contributed by atoms with van der Waals surface area (Å²) in [5.74, 6) is -3.02. The van der Waals surface area contributed by atoms with Gasteiger partial charge in [-0.15, -0.1) is 11.3 Å². The quantitative estimate of drug-likeness (QED) is 0.414. The summed E-state index contributed by atoms with van der Waals surface area (Å²) in [6, 6.07) is 0. The van der Waals surface area contributed by atoms with E-state index < -0.39 is 17.8 Å². The molecule has 4 rings (SSSR count). The molecular formula is C22H27NO5S. The molecule has 0 aliphatic heterocycles. The molecule has 2 N–H and O–H groups in total. The second-order valence-corrected chi connectivity index (χ2v) is 9.34. The predicted octanol–water partition coefficient (Wildman–Crippen LogP) is 4.05. The fourth-order valence-corrected chi connectivity index (χ4v) is 6.31. The Labute approximate surface area is 174 Å². The average molecular weight is 418 g/mol. The molecule has 4 atom stereocenters. The first-order chi connectivity index (χ1) is 14.0. The van der Waals surface area contributed by atoms with Gasteiger partial charge in [0, 0.05) is 4.88 Å². The largest absolute Gasteiger partial charge is 0.481 e. The minimum Gasteiger partial charge on any atom is -0.481 e. The number of thiophene rings is 1. The zero-order chi connectivity index (χ0) is 20.5. The van der Waals surface area contributed by atoms with Gasteiger partial charge >= 0.3 is 11.9 Å². The number of aryl methyl sites for hydroxylation is 1. The highest BCUT2D eigenvalue weighted by Crippen LogP contribution is 2.49. The third kappa shape index (κ3) is 3.72. The molecule has 3 aliphatic rings. The molecule has 3 aliphatic carbocycles. The van der Waals surface area contributed by atoms with Crippen LogP contribution in [0.1, 0.15) is 59.8 Å². The van der Waals surface area contributed by atoms with Crippen LogP contribution in [0, 0.1) is 23.7 Å². The van der Waals surface area contributed by atoms with Gasteiger partial charge in [-0.25, -0.2) is 4.79 Å². The van der Waals surface area contributed by atoms with Crippen molar-refractivity contribution in [1.29, 1.82) is 0 Å². The number of ether oxygens (including phenoxy) is 1. The van der Waals surface area contributed by atoms with E-state index in [9.17, 15) is 19.5 Å². The Balaban J connectivity index is 1.62. The van der Waals surface area contributed by atoms with Gasteiger partial charge in [0.25, 0.3) is 0 Å². The van der Waals surface area contributed by atoms with Crippen LogP contribution in [0.25, 0.3) is 0 Å². The van der Waals surface area contributed by atoms with Crippen molar-refractivity contribution in [2.45, 2.75) is 51.9 Å². The number of esters is 1. The van der Waals surface area contributed by atoms with Crippen LogP contribution in [0.3, 0.4) is 0 Å². The molecule has 156 valence electrons. The highest BCUT2D eigenvalue weighted by Gasteiger charge is 2.51. The first-order valence-electron chi connectivity index (χ1n) is 10.5. The lowest BCUT2D eigenvalue weighted by Gasteiger charge is -2.23. The Hall–Kier alpha value is -2.15. The topological polar surface area (TPSA) is 92.7 Å². The molecule has 0 aromatic carbocycles. The van der Waals surface area contributed by atoms with Crippen LogP contribution >= 0.6 is 11.3 Å². The van der Waals surface area contributed by atoms with Crippen molar-refractivity contribution < 1.29 is 24.2 Å². The van der Waals surface area contributed by atoms with Gasteiger partial charge < -0.3 is 15.2 Å². The molecular weight excluding hydrogens is 390 g/mol. The number of carbonyl (C=O) groups is 3. The van der Waals surface area contributed by atoms with Gasteiger partial charge in [0.15, 0.2) is 0 Å². The lowest BCUT2D eigenvalue weighted by Crippen LogP contribution is -2.36. The fourth-order valence-electron chi connectivity index (χ4n) is 5.03. The normalized spacial score (nSPS) is 27.3. The Bertz CT molecular complexity index is 858. The number of amides is 1. The average Bonchev–Trinajstić information content (AvgIpc) is 3.35. The van der Waals surface area contributed by atoms with Gasteiger partial charge in [0.1, 0.15) is 5.00 Å². The number of hydrogen-bond donors (Lipinski definition) is 2. The van der Waals surface area contributed by atoms with Gasteiger partial charge in [0.05, 0.1) is 24.0 Å². The van der Waals surface area contributed by atoms with Gasteiger partial charge in [-0.3, -0.25) is 9.59 Å². The number of rotatable bonds is 6. The van der Waals surface area contributed by atoms with E-state index in [2.05, 4.69) is 5.32 Å². The van der Waals surface area contributed by atoms with E-state index in [4.69, 9.17) is 4.74 Å². The summed E-state index contributed by atoms with van der Waals surface area (Å²) in [4.78, 5) is 38.8. The maximum Gasteiger partial charge on any atom is 0.341 e. The molecule has 1 fully saturated rings. The number of aliphatic carboxylic acids is 1. The minimum absolute atomic E-state index is 0.0469. The first kappa shape index (κ1) is 20.1. The zero-order valence-corrected chi connectivity index (χ0v) is 17.4. The maximum absolute atomic E-state index is 13.1. The Morgan fingerprint density at radius 2 is 1.86 bits per heavy atom. The SMILES string of the molecule is CCCOC(=O)c1c(NC(=O)[C@H]2[C@@H](C(=O)O)[C@H]3C=C[C@H]2C3)sc2c1CCCCC2. The molecule has 1 amide bonds. The Kier molecular flexibility index (Phi) is 5.76. The van der Waals surface area contributed by atoms with E-state index >= 15 is 0 Å². The number of hydrogen-bond acceptors (Lipinski definition) is 5. The van der Waals surface area contributed by atoms with E-state index in [0.29, 0.717) is 23.6 Å². The standard InChI is InChI=1S/C22H27NO5S/c1-2-10-28-22(27)18-14-6-4-3-5-7-15(14)29-20(18)23-19(24)16-12-8-9-13(11-12)17(16)21(25)26/h8-9,12-13,16-17H,2-7,10-11H2,1H3,(H,23,24)(H,25,26)/t12-,13-,16+,17-/m0/s1. The van der Waals surface area contributed by atoms with Crippen molar-refractivity contribution in [3.05, 3.63) is 28.2 Å². The maximum atomic E-state index is 13.1. The summed E-state index contributed by atoms with van der Waals surface area (Å²) in [7, 11) is 0. The number of nitrogens with one attached hydrogen (secondary N) is 1. The molecule has 2 bridgehead atoms. The molecule has 6 nitrogen and oxygen atoms in total. The highest BCUT2D eigenvalue weighted by molar-refractivity contribution is 7.17. The van der Waals surface area contributed by atoms with Crippen molar-refractivity contribution in [2.75, 3.05) is 11.9 Å². The van der Waals surface area contributed by atoms with Crippen molar-refractivity contribution in [3.63, 3.8) is 0 Å². The van der Waals surface area contributed by atoms with Crippen LogP contribution < -0.4 is 5.32 Å². The monoisotopic (exact) mass is 417 g/mol. The van der Waals surface area contributed by atoms with Crippen LogP contribution in [0.15, 0.2) is 12.2 Å². The predicted molar refractivity (Wildman–Crippen MR) is 110 cm³/mol. The number of carboxylic acid groups (broad SMARTS) is 1. The van der Waals surface area contributed by atoms with Gasteiger partial charge in [-0.1, -0.05) is 25.5 Å². The summed E-state index contributed by atoms with van der Waals surface area (Å²) in [6.07, 6.45) is 10.3. The lowest BCUT2D eigenvalue weighted by atomic mass is 9.82. The van der Waals surface area contributed by atoms with Crippen LogP contribution in [0.5, 0.6) is 0 Å². The number of anilines is 1. The number of carbonyl (C=O) groups excluding carboxylic acids is 2. The summed E-state index contributed by atoms with van der Waals surface area (Å²) >= 11 is 1.46. The van der Waals surface area contributed by atoms with Crippen molar-refractivity contribution in [1.82, 2.24) is 0 Å². The Morgan fingerprint density at radius 3 is 2.59 bits per heavy atom. The number of fused-ring (bicyclic) bond motifs is 3. The molecule has 0 spiro atoms. The highest BCUT2D eigenvalue weighted by atomic mass is 32.1. The third-order valence-corrected chi connectivity index (χ3v) is 7.55. The molecule has 0 radical (unpaired) electrons. The van der Waals surface area contributed by atoms with Crippen LogP contribution in [0.2, 0.25) is 0 Å². The lowest BCUT2D eigenvalue weighted by molar-refractivity contribution is -0.146. The van der Waals surface area contributed by atoms with Crippen LogP contribution in [0.4, 0.5) is 5.00 Å². The zero-order valence-electron chi connectivity index (χ0n) is 16.6. The van der Waals surface area contributed by atoms with Crippen molar-refractivity contribution in [2.24, 2.45) is 23.7 Å². The van der Waals surface area contributed by atoms with Crippen LogP contribution in [-0.2, 0) is 27.2 Å². The number of carboxylic acids is 1. The summed E-state index contributed by atoms with van der Waals surface area (Å²) in [6.45, 7) is 2.29. The van der Waals surface area contributed by atoms with Gasteiger partial charge in [0.2, 0.25) is 5.91 Å². The molecule has 0 unspecified atom stereocenters. The van der Waals surface area contributed by atoms with E-state index in [1.807, 2.05) is 19.1 Å². The van der Waals surface area contributed by atoms with E-state index in [0.717, 1.165) is 49.0 Å². The van der Waals surface area contributed by atoms with E-state index in [-0.39, 0.29) is 23.7 Å². The van der Waals surface area contributed by atoms with Gasteiger partial charge in [-0.2, -0.15) is 0 Å². The van der Waals surface area contributed by atoms with Gasteiger partial charge in [-0.05, 0) is 55.9 Å². The minimum atomic E-state index is -0.924. The second kappa shape index (κ2) is 8.30. The summed E-state index contributed by atoms with van der Waals surface area (Å²) in [5, 5.41) is 13.1. The molecule has 0 saturated heterocycles. The summed E-state index contributed by atoms with van der Waals surface area (Å²) in [5.41, 5.74) is 1.49. The molecule has 1 heterocycles. The molecule has 1 saturated carbocycles.